The summed E-state index contributed by atoms with van der Waals surface area (Å²) in [6.45, 7) is 6.18. The molecule has 2 aromatic rings. The Balaban J connectivity index is 1.59. The molecule has 0 spiro atoms. The van der Waals surface area contributed by atoms with Crippen LogP contribution in [0.3, 0.4) is 0 Å². The fourth-order valence-electron chi connectivity index (χ4n) is 5.32. The Morgan fingerprint density at radius 2 is 1.83 bits per heavy atom. The first-order chi connectivity index (χ1) is 17.2. The standard InChI is InChI=1S/C28H39N5O3/c1-19-9-10-21(17-25(19)36-5)30-26(34)28(11-7-6-8-12-28)33-18-23-20(2)15-22(29-13-14-32(3)4)16-24(23)31-27(33)35/h9-10,15-17,29H,6-8,11-14,18H2,1-5H3,(H,30,34)(H,31,35). The largest absolute Gasteiger partial charge is 0.496 e. The van der Waals surface area contributed by atoms with Gasteiger partial charge in [-0.2, -0.15) is 0 Å². The summed E-state index contributed by atoms with van der Waals surface area (Å²) in [5.74, 6) is 0.590. The van der Waals surface area contributed by atoms with E-state index in [2.05, 4.69) is 33.8 Å². The Labute approximate surface area is 214 Å². The van der Waals surface area contributed by atoms with Crippen LogP contribution in [-0.2, 0) is 11.3 Å². The molecule has 3 amide bonds. The molecule has 2 aromatic carbocycles. The number of methoxy groups -OCH3 is 1. The molecule has 1 fully saturated rings. The number of rotatable bonds is 8. The number of anilines is 3. The van der Waals surface area contributed by atoms with Crippen molar-refractivity contribution in [2.24, 2.45) is 0 Å². The second-order valence-electron chi connectivity index (χ2n) is 10.3. The first-order valence-electron chi connectivity index (χ1n) is 12.8. The van der Waals surface area contributed by atoms with Gasteiger partial charge in [-0.1, -0.05) is 25.3 Å². The number of likely N-dealkylation sites (N-methyl/N-ethyl adjacent to an activating group) is 1. The van der Waals surface area contributed by atoms with E-state index >= 15 is 0 Å². The summed E-state index contributed by atoms with van der Waals surface area (Å²) in [6.07, 6.45) is 4.19. The highest BCUT2D eigenvalue weighted by molar-refractivity contribution is 6.03. The zero-order chi connectivity index (χ0) is 25.9. The Morgan fingerprint density at radius 1 is 1.08 bits per heavy atom. The molecule has 0 radical (unpaired) electrons. The lowest BCUT2D eigenvalue weighted by molar-refractivity contribution is -0.128. The third-order valence-corrected chi connectivity index (χ3v) is 7.45. The van der Waals surface area contributed by atoms with Crippen LogP contribution in [0.1, 0.15) is 48.8 Å². The van der Waals surface area contributed by atoms with Gasteiger partial charge < -0.3 is 30.5 Å². The smallest absolute Gasteiger partial charge is 0.323 e. The molecular weight excluding hydrogens is 454 g/mol. The van der Waals surface area contributed by atoms with E-state index in [-0.39, 0.29) is 11.9 Å². The molecule has 2 aliphatic rings. The van der Waals surface area contributed by atoms with Gasteiger partial charge in [-0.05, 0) is 75.7 Å². The molecule has 3 N–H and O–H groups in total. The summed E-state index contributed by atoms with van der Waals surface area (Å²) >= 11 is 0. The zero-order valence-corrected chi connectivity index (χ0v) is 22.2. The predicted molar refractivity (Wildman–Crippen MR) is 145 cm³/mol. The van der Waals surface area contributed by atoms with E-state index in [1.54, 1.807) is 12.0 Å². The van der Waals surface area contributed by atoms with Crippen molar-refractivity contribution >= 4 is 29.0 Å². The molecule has 194 valence electrons. The van der Waals surface area contributed by atoms with E-state index in [1.807, 2.05) is 45.3 Å². The summed E-state index contributed by atoms with van der Waals surface area (Å²) in [6, 6.07) is 9.55. The molecule has 8 nitrogen and oxygen atoms in total. The molecule has 0 bridgehead atoms. The fraction of sp³-hybridized carbons (Fsp3) is 0.500. The quantitative estimate of drug-likeness (QED) is 0.483. The molecule has 0 atom stereocenters. The zero-order valence-electron chi connectivity index (χ0n) is 22.2. The average Bonchev–Trinajstić information content (AvgIpc) is 2.85. The van der Waals surface area contributed by atoms with Crippen molar-refractivity contribution in [3.63, 3.8) is 0 Å². The highest BCUT2D eigenvalue weighted by atomic mass is 16.5. The number of nitrogens with one attached hydrogen (secondary N) is 3. The second kappa shape index (κ2) is 10.8. The lowest BCUT2D eigenvalue weighted by Gasteiger charge is -2.47. The topological polar surface area (TPSA) is 85.9 Å². The first kappa shape index (κ1) is 25.8. The molecule has 1 saturated carbocycles. The van der Waals surface area contributed by atoms with Crippen molar-refractivity contribution in [3.8, 4) is 5.75 Å². The summed E-state index contributed by atoms with van der Waals surface area (Å²) in [4.78, 5) is 31.2. The number of carbonyl (C=O) groups is 2. The van der Waals surface area contributed by atoms with Crippen molar-refractivity contribution in [2.75, 3.05) is 50.2 Å². The maximum Gasteiger partial charge on any atom is 0.323 e. The van der Waals surface area contributed by atoms with Crippen LogP contribution in [0, 0.1) is 13.8 Å². The normalized spacial score (nSPS) is 16.8. The van der Waals surface area contributed by atoms with E-state index in [4.69, 9.17) is 4.74 Å². The number of aryl methyl sites for hydroxylation is 2. The van der Waals surface area contributed by atoms with Crippen LogP contribution in [0.5, 0.6) is 5.75 Å². The Kier molecular flexibility index (Phi) is 7.73. The Hall–Kier alpha value is -3.26. The van der Waals surface area contributed by atoms with Crippen LogP contribution >= 0.6 is 0 Å². The summed E-state index contributed by atoms with van der Waals surface area (Å²) in [5, 5.41) is 9.63. The highest BCUT2D eigenvalue weighted by Gasteiger charge is 2.48. The minimum absolute atomic E-state index is 0.133. The van der Waals surface area contributed by atoms with Crippen LogP contribution in [0.15, 0.2) is 30.3 Å². The van der Waals surface area contributed by atoms with Crippen molar-refractivity contribution in [1.82, 2.24) is 9.80 Å². The maximum absolute atomic E-state index is 13.9. The van der Waals surface area contributed by atoms with Gasteiger partial charge in [0.25, 0.3) is 0 Å². The number of ether oxygens (including phenoxy) is 1. The monoisotopic (exact) mass is 493 g/mol. The molecule has 8 heteroatoms. The van der Waals surface area contributed by atoms with Crippen LogP contribution in [0.2, 0.25) is 0 Å². The number of fused-ring (bicyclic) bond motifs is 1. The molecule has 0 unspecified atom stereocenters. The molecule has 36 heavy (non-hydrogen) atoms. The Morgan fingerprint density at radius 3 is 2.53 bits per heavy atom. The van der Waals surface area contributed by atoms with Gasteiger partial charge in [-0.15, -0.1) is 0 Å². The molecule has 4 rings (SSSR count). The minimum atomic E-state index is -0.896. The number of amides is 3. The summed E-state index contributed by atoms with van der Waals surface area (Å²) in [5.41, 5.74) is 4.74. The van der Waals surface area contributed by atoms with Gasteiger partial charge in [0.05, 0.1) is 13.7 Å². The van der Waals surface area contributed by atoms with Crippen molar-refractivity contribution in [1.29, 1.82) is 0 Å². The van der Waals surface area contributed by atoms with Crippen molar-refractivity contribution in [2.45, 2.75) is 58.0 Å². The molecular formula is C28H39N5O3. The van der Waals surface area contributed by atoms with Gasteiger partial charge in [0, 0.05) is 36.2 Å². The van der Waals surface area contributed by atoms with Crippen LogP contribution in [-0.4, -0.2) is 61.6 Å². The van der Waals surface area contributed by atoms with Gasteiger partial charge >= 0.3 is 6.03 Å². The number of benzene rings is 2. The van der Waals surface area contributed by atoms with Gasteiger partial charge in [0.15, 0.2) is 0 Å². The predicted octanol–water partition coefficient (Wildman–Crippen LogP) is 4.97. The van der Waals surface area contributed by atoms with E-state index in [9.17, 15) is 9.59 Å². The van der Waals surface area contributed by atoms with Crippen LogP contribution < -0.4 is 20.7 Å². The molecule has 1 aliphatic carbocycles. The van der Waals surface area contributed by atoms with E-state index < -0.39 is 5.54 Å². The SMILES string of the molecule is COc1cc(NC(=O)C2(N3Cc4c(C)cc(NCCN(C)C)cc4NC3=O)CCCCC2)ccc1C. The fourth-order valence-corrected chi connectivity index (χ4v) is 5.32. The number of carbonyl (C=O) groups excluding carboxylic acids is 2. The molecule has 1 heterocycles. The first-order valence-corrected chi connectivity index (χ1v) is 12.8. The number of urea groups is 1. The van der Waals surface area contributed by atoms with Crippen molar-refractivity contribution in [3.05, 3.63) is 47.0 Å². The van der Waals surface area contributed by atoms with E-state index in [0.717, 1.165) is 66.2 Å². The van der Waals surface area contributed by atoms with Gasteiger partial charge in [0.1, 0.15) is 11.3 Å². The van der Waals surface area contributed by atoms with Crippen LogP contribution in [0.25, 0.3) is 0 Å². The molecule has 1 aliphatic heterocycles. The summed E-state index contributed by atoms with van der Waals surface area (Å²) < 4.78 is 5.44. The third kappa shape index (κ3) is 5.28. The summed E-state index contributed by atoms with van der Waals surface area (Å²) in [7, 11) is 5.71. The van der Waals surface area contributed by atoms with Gasteiger partial charge in [-0.3, -0.25) is 4.79 Å². The molecule has 0 saturated heterocycles. The van der Waals surface area contributed by atoms with E-state index in [0.29, 0.717) is 25.1 Å². The van der Waals surface area contributed by atoms with Crippen LogP contribution in [0.4, 0.5) is 21.9 Å². The second-order valence-corrected chi connectivity index (χ2v) is 10.3. The van der Waals surface area contributed by atoms with Gasteiger partial charge in [-0.25, -0.2) is 4.79 Å². The lowest BCUT2D eigenvalue weighted by atomic mass is 9.78. The maximum atomic E-state index is 13.9. The number of hydrogen-bond donors (Lipinski definition) is 3. The third-order valence-electron chi connectivity index (χ3n) is 7.45. The average molecular weight is 494 g/mol. The minimum Gasteiger partial charge on any atom is -0.496 e. The lowest BCUT2D eigenvalue weighted by Crippen LogP contribution is -2.61. The highest BCUT2D eigenvalue weighted by Crippen LogP contribution is 2.40. The van der Waals surface area contributed by atoms with E-state index in [1.165, 1.54) is 0 Å². The number of hydrogen-bond acceptors (Lipinski definition) is 5. The van der Waals surface area contributed by atoms with Gasteiger partial charge in [0.2, 0.25) is 5.91 Å². The Bertz CT molecular complexity index is 1120. The molecule has 0 aromatic heterocycles. The van der Waals surface area contributed by atoms with Crippen molar-refractivity contribution < 1.29 is 14.3 Å². The number of nitrogens with zero attached hydrogens (tertiary/aromatic N) is 2.